The number of hydrogen-bond donors (Lipinski definition) is 1. The molecule has 3 nitrogen and oxygen atoms in total. The maximum Gasteiger partial charge on any atom is 0.0346 e. The van der Waals surface area contributed by atoms with Crippen molar-refractivity contribution in [1.82, 2.24) is 15.2 Å². The summed E-state index contributed by atoms with van der Waals surface area (Å²) < 4.78 is 0. The number of fused-ring (bicyclic) bond motifs is 1. The van der Waals surface area contributed by atoms with Crippen LogP contribution in [0.5, 0.6) is 0 Å². The quantitative estimate of drug-likeness (QED) is 0.873. The first kappa shape index (κ1) is 13.0. The van der Waals surface area contributed by atoms with E-state index in [-0.39, 0.29) is 0 Å². The molecule has 0 bridgehead atoms. The average molecular weight is 243 g/mol. The van der Waals surface area contributed by atoms with Crippen molar-refractivity contribution in [2.45, 2.75) is 19.5 Å². The van der Waals surface area contributed by atoms with Crippen LogP contribution < -0.4 is 5.32 Å². The molecule has 1 aromatic carbocycles. The van der Waals surface area contributed by atoms with Crippen LogP contribution in [0.1, 0.15) is 12.5 Å². The van der Waals surface area contributed by atoms with Crippen LogP contribution in [0, 0.1) is 0 Å². The standard InChI is InChI=1S/C15H21N3/c1-12(18(2)3)9-17-11-14-6-4-5-13-10-16-8-7-15(13)14/h4-8,10,12,17H,9,11H2,1-3H3. The van der Waals surface area contributed by atoms with Crippen LogP contribution in [0.3, 0.4) is 0 Å². The van der Waals surface area contributed by atoms with E-state index in [4.69, 9.17) is 0 Å². The molecule has 0 saturated carbocycles. The van der Waals surface area contributed by atoms with Crippen LogP contribution in [0.4, 0.5) is 0 Å². The van der Waals surface area contributed by atoms with Crippen molar-refractivity contribution in [3.8, 4) is 0 Å². The molecule has 18 heavy (non-hydrogen) atoms. The first-order valence-electron chi connectivity index (χ1n) is 6.37. The predicted octanol–water partition coefficient (Wildman–Crippen LogP) is 2.27. The van der Waals surface area contributed by atoms with E-state index in [0.717, 1.165) is 13.1 Å². The topological polar surface area (TPSA) is 28.2 Å². The summed E-state index contributed by atoms with van der Waals surface area (Å²) in [4.78, 5) is 6.38. The van der Waals surface area contributed by atoms with Gasteiger partial charge in [-0.05, 0) is 38.0 Å². The fourth-order valence-electron chi connectivity index (χ4n) is 1.94. The number of pyridine rings is 1. The smallest absolute Gasteiger partial charge is 0.0346 e. The van der Waals surface area contributed by atoms with E-state index in [9.17, 15) is 0 Å². The Morgan fingerprint density at radius 1 is 1.28 bits per heavy atom. The summed E-state index contributed by atoms with van der Waals surface area (Å²) in [5, 5.41) is 6.01. The largest absolute Gasteiger partial charge is 0.311 e. The minimum atomic E-state index is 0.543. The molecule has 1 atom stereocenters. The molecule has 1 heterocycles. The maximum atomic E-state index is 4.16. The summed E-state index contributed by atoms with van der Waals surface area (Å²) in [7, 11) is 4.21. The van der Waals surface area contributed by atoms with Crippen molar-refractivity contribution in [2.24, 2.45) is 0 Å². The molecule has 0 saturated heterocycles. The highest BCUT2D eigenvalue weighted by Crippen LogP contribution is 2.17. The van der Waals surface area contributed by atoms with Crippen LogP contribution in [0.25, 0.3) is 10.8 Å². The average Bonchev–Trinajstić information content (AvgIpc) is 2.38. The first-order valence-corrected chi connectivity index (χ1v) is 6.37. The number of aromatic nitrogens is 1. The molecule has 0 aliphatic carbocycles. The van der Waals surface area contributed by atoms with E-state index in [0.29, 0.717) is 6.04 Å². The van der Waals surface area contributed by atoms with Crippen LogP contribution in [0.15, 0.2) is 36.7 Å². The zero-order valence-electron chi connectivity index (χ0n) is 11.4. The Morgan fingerprint density at radius 2 is 2.11 bits per heavy atom. The molecule has 2 aromatic rings. The molecule has 1 aromatic heterocycles. The third kappa shape index (κ3) is 3.06. The van der Waals surface area contributed by atoms with Gasteiger partial charge in [-0.2, -0.15) is 0 Å². The predicted molar refractivity (Wildman–Crippen MR) is 76.6 cm³/mol. The van der Waals surface area contributed by atoms with Gasteiger partial charge in [-0.1, -0.05) is 18.2 Å². The third-order valence-electron chi connectivity index (χ3n) is 3.41. The lowest BCUT2D eigenvalue weighted by Gasteiger charge is -2.20. The van der Waals surface area contributed by atoms with Crippen molar-refractivity contribution < 1.29 is 0 Å². The van der Waals surface area contributed by atoms with Crippen LogP contribution in [-0.2, 0) is 6.54 Å². The summed E-state index contributed by atoms with van der Waals surface area (Å²) in [5.41, 5.74) is 1.33. The lowest BCUT2D eigenvalue weighted by molar-refractivity contribution is 0.303. The second-order valence-corrected chi connectivity index (χ2v) is 4.96. The fourth-order valence-corrected chi connectivity index (χ4v) is 1.94. The van der Waals surface area contributed by atoms with Gasteiger partial charge in [0.15, 0.2) is 0 Å². The lowest BCUT2D eigenvalue weighted by Crippen LogP contribution is -2.35. The van der Waals surface area contributed by atoms with Crippen molar-refractivity contribution in [1.29, 1.82) is 0 Å². The molecule has 0 fully saturated rings. The number of nitrogens with one attached hydrogen (secondary N) is 1. The summed E-state index contributed by atoms with van der Waals surface area (Å²) in [6, 6.07) is 9.00. The molecule has 1 N–H and O–H groups in total. The van der Waals surface area contributed by atoms with Gasteiger partial charge in [-0.25, -0.2) is 0 Å². The van der Waals surface area contributed by atoms with E-state index >= 15 is 0 Å². The maximum absolute atomic E-state index is 4.16. The minimum absolute atomic E-state index is 0.543. The Bertz CT molecular complexity index is 503. The first-order chi connectivity index (χ1) is 8.68. The van der Waals surface area contributed by atoms with Crippen LogP contribution in [-0.4, -0.2) is 36.6 Å². The Morgan fingerprint density at radius 3 is 2.89 bits per heavy atom. The molecule has 0 aliphatic rings. The highest BCUT2D eigenvalue weighted by molar-refractivity contribution is 5.84. The highest BCUT2D eigenvalue weighted by Gasteiger charge is 2.04. The van der Waals surface area contributed by atoms with Gasteiger partial charge in [0.25, 0.3) is 0 Å². The van der Waals surface area contributed by atoms with Crippen molar-refractivity contribution >= 4 is 10.8 Å². The highest BCUT2D eigenvalue weighted by atomic mass is 15.1. The van der Waals surface area contributed by atoms with E-state index in [1.54, 1.807) is 0 Å². The zero-order valence-corrected chi connectivity index (χ0v) is 11.4. The molecular weight excluding hydrogens is 222 g/mol. The molecule has 2 rings (SSSR count). The van der Waals surface area contributed by atoms with Crippen LogP contribution >= 0.6 is 0 Å². The number of hydrogen-bond acceptors (Lipinski definition) is 3. The minimum Gasteiger partial charge on any atom is -0.311 e. The molecule has 1 unspecified atom stereocenters. The van der Waals surface area contributed by atoms with Gasteiger partial charge in [-0.3, -0.25) is 4.98 Å². The van der Waals surface area contributed by atoms with Gasteiger partial charge in [-0.15, -0.1) is 0 Å². The molecule has 0 amide bonds. The summed E-state index contributed by atoms with van der Waals surface area (Å²) in [6.45, 7) is 4.12. The Labute approximate surface area is 109 Å². The van der Waals surface area contributed by atoms with E-state index in [2.05, 4.69) is 60.5 Å². The van der Waals surface area contributed by atoms with Gasteiger partial charge in [0.05, 0.1) is 0 Å². The normalized spacial score (nSPS) is 13.1. The molecule has 96 valence electrons. The van der Waals surface area contributed by atoms with Crippen molar-refractivity contribution in [3.63, 3.8) is 0 Å². The summed E-state index contributed by atoms with van der Waals surface area (Å²) in [5.74, 6) is 0. The Kier molecular flexibility index (Phi) is 4.28. The van der Waals surface area contributed by atoms with Gasteiger partial charge < -0.3 is 10.2 Å². The molecule has 0 aliphatic heterocycles. The van der Waals surface area contributed by atoms with Crippen LogP contribution in [0.2, 0.25) is 0 Å². The SMILES string of the molecule is CC(CNCc1cccc2cnccc12)N(C)C. The van der Waals surface area contributed by atoms with E-state index in [1.165, 1.54) is 16.3 Å². The van der Waals surface area contributed by atoms with E-state index in [1.807, 2.05) is 12.4 Å². The van der Waals surface area contributed by atoms with Crippen molar-refractivity contribution in [3.05, 3.63) is 42.2 Å². The lowest BCUT2D eigenvalue weighted by atomic mass is 10.1. The molecule has 0 radical (unpaired) electrons. The zero-order chi connectivity index (χ0) is 13.0. The number of benzene rings is 1. The summed E-state index contributed by atoms with van der Waals surface area (Å²) in [6.07, 6.45) is 3.77. The fraction of sp³-hybridized carbons (Fsp3) is 0.400. The van der Waals surface area contributed by atoms with Gasteiger partial charge >= 0.3 is 0 Å². The summed E-state index contributed by atoms with van der Waals surface area (Å²) >= 11 is 0. The second-order valence-electron chi connectivity index (χ2n) is 4.96. The number of likely N-dealkylation sites (N-methyl/N-ethyl adjacent to an activating group) is 1. The Hall–Kier alpha value is -1.45. The van der Waals surface area contributed by atoms with Crippen molar-refractivity contribution in [2.75, 3.05) is 20.6 Å². The van der Waals surface area contributed by atoms with Gasteiger partial charge in [0.2, 0.25) is 0 Å². The molecular formula is C15H21N3. The Balaban J connectivity index is 2.04. The number of rotatable bonds is 5. The monoisotopic (exact) mass is 243 g/mol. The second kappa shape index (κ2) is 5.94. The van der Waals surface area contributed by atoms with E-state index < -0.39 is 0 Å². The van der Waals surface area contributed by atoms with Gasteiger partial charge in [0.1, 0.15) is 0 Å². The number of nitrogens with zero attached hydrogens (tertiary/aromatic N) is 2. The molecule has 0 spiro atoms. The molecule has 3 heteroatoms. The third-order valence-corrected chi connectivity index (χ3v) is 3.41. The van der Waals surface area contributed by atoms with Gasteiger partial charge in [0, 0.05) is 36.9 Å².